The van der Waals surface area contributed by atoms with Gasteiger partial charge in [0, 0.05) is 18.1 Å². The van der Waals surface area contributed by atoms with Gasteiger partial charge in [0.15, 0.2) is 5.16 Å². The summed E-state index contributed by atoms with van der Waals surface area (Å²) in [5, 5.41) is 1.27. The van der Waals surface area contributed by atoms with Gasteiger partial charge in [0.1, 0.15) is 5.82 Å². The van der Waals surface area contributed by atoms with Crippen molar-refractivity contribution in [3.05, 3.63) is 58.5 Å². The minimum Gasteiger partial charge on any atom is -0.377 e. The van der Waals surface area contributed by atoms with Crippen molar-refractivity contribution in [2.24, 2.45) is 0 Å². The van der Waals surface area contributed by atoms with E-state index in [1.54, 1.807) is 16.3 Å². The summed E-state index contributed by atoms with van der Waals surface area (Å²) < 4.78 is 7.33. The Hall–Kier alpha value is -2.18. The van der Waals surface area contributed by atoms with Gasteiger partial charge in [0.2, 0.25) is 0 Å². The van der Waals surface area contributed by atoms with Crippen LogP contribution < -0.4 is 5.56 Å². The molecule has 1 fully saturated rings. The number of pyridine rings is 1. The fraction of sp³-hybridized carbons (Fsp3) is 0.316. The van der Waals surface area contributed by atoms with E-state index in [1.165, 1.54) is 0 Å². The molecule has 0 saturated carbocycles. The van der Waals surface area contributed by atoms with Crippen molar-refractivity contribution in [2.45, 2.75) is 31.0 Å². The van der Waals surface area contributed by atoms with Gasteiger partial charge < -0.3 is 4.74 Å². The van der Waals surface area contributed by atoms with Gasteiger partial charge in [-0.25, -0.2) is 14.5 Å². The average Bonchev–Trinajstić information content (AvgIpc) is 3.13. The SMILES string of the molecule is Cc1cccc(-n2c(SC[C@@H]3CCCO3)nc3ccccc3c2=O)n1. The third-order valence-corrected chi connectivity index (χ3v) is 5.34. The lowest BCUT2D eigenvalue weighted by molar-refractivity contribution is 0.129. The predicted octanol–water partition coefficient (Wildman–Crippen LogP) is 3.36. The highest BCUT2D eigenvalue weighted by molar-refractivity contribution is 7.99. The van der Waals surface area contributed by atoms with E-state index in [9.17, 15) is 4.79 Å². The molecular formula is C19H19N3O2S. The molecule has 1 aliphatic heterocycles. The number of ether oxygens (including phenoxy) is 1. The summed E-state index contributed by atoms with van der Waals surface area (Å²) >= 11 is 1.56. The zero-order chi connectivity index (χ0) is 17.2. The van der Waals surface area contributed by atoms with E-state index >= 15 is 0 Å². The monoisotopic (exact) mass is 353 g/mol. The molecule has 1 saturated heterocycles. The van der Waals surface area contributed by atoms with Gasteiger partial charge in [-0.2, -0.15) is 0 Å². The van der Waals surface area contributed by atoms with E-state index in [4.69, 9.17) is 9.72 Å². The molecule has 1 aliphatic rings. The Morgan fingerprint density at radius 1 is 1.20 bits per heavy atom. The van der Waals surface area contributed by atoms with E-state index in [2.05, 4.69) is 4.98 Å². The molecule has 0 radical (unpaired) electrons. The Morgan fingerprint density at radius 3 is 2.88 bits per heavy atom. The Morgan fingerprint density at radius 2 is 2.08 bits per heavy atom. The Balaban J connectivity index is 1.83. The third-order valence-electron chi connectivity index (χ3n) is 4.27. The molecule has 0 N–H and O–H groups in total. The van der Waals surface area contributed by atoms with Crippen molar-refractivity contribution >= 4 is 22.7 Å². The van der Waals surface area contributed by atoms with Gasteiger partial charge in [-0.3, -0.25) is 4.79 Å². The number of thioether (sulfide) groups is 1. The van der Waals surface area contributed by atoms with Gasteiger partial charge in [0.25, 0.3) is 5.56 Å². The normalized spacial score (nSPS) is 17.2. The summed E-state index contributed by atoms with van der Waals surface area (Å²) in [7, 11) is 0. The van der Waals surface area contributed by atoms with E-state index in [-0.39, 0.29) is 11.7 Å². The van der Waals surface area contributed by atoms with E-state index in [0.717, 1.165) is 30.9 Å². The molecule has 128 valence electrons. The van der Waals surface area contributed by atoms with Crippen molar-refractivity contribution in [1.82, 2.24) is 14.5 Å². The second kappa shape index (κ2) is 6.98. The lowest BCUT2D eigenvalue weighted by atomic mass is 10.2. The maximum Gasteiger partial charge on any atom is 0.267 e. The largest absolute Gasteiger partial charge is 0.377 e. The number of benzene rings is 1. The van der Waals surface area contributed by atoms with Crippen LogP contribution in [-0.4, -0.2) is 33.0 Å². The molecule has 4 rings (SSSR count). The molecule has 0 bridgehead atoms. The molecular weight excluding hydrogens is 334 g/mol. The number of aryl methyl sites for hydroxylation is 1. The minimum absolute atomic E-state index is 0.0847. The van der Waals surface area contributed by atoms with Crippen molar-refractivity contribution in [3.63, 3.8) is 0 Å². The Labute approximate surface area is 150 Å². The molecule has 6 heteroatoms. The van der Waals surface area contributed by atoms with Crippen LogP contribution in [0.1, 0.15) is 18.5 Å². The predicted molar refractivity (Wildman–Crippen MR) is 99.6 cm³/mol. The highest BCUT2D eigenvalue weighted by Crippen LogP contribution is 2.24. The average molecular weight is 353 g/mol. The van der Waals surface area contributed by atoms with Crippen molar-refractivity contribution in [1.29, 1.82) is 0 Å². The molecule has 0 spiro atoms. The summed E-state index contributed by atoms with van der Waals surface area (Å²) in [6.45, 7) is 2.74. The van der Waals surface area contributed by atoms with Crippen LogP contribution in [0.15, 0.2) is 52.4 Å². The van der Waals surface area contributed by atoms with Gasteiger partial charge in [0.05, 0.1) is 17.0 Å². The third kappa shape index (κ3) is 3.32. The standard InChI is InChI=1S/C19H19N3O2S/c1-13-6-4-10-17(20-13)22-18(23)15-8-2-3-9-16(15)21-19(22)25-12-14-7-5-11-24-14/h2-4,6,8-10,14H,5,7,11-12H2,1H3/t14-/m0/s1. The van der Waals surface area contributed by atoms with Gasteiger partial charge >= 0.3 is 0 Å². The van der Waals surface area contributed by atoms with Crippen LogP contribution in [0.3, 0.4) is 0 Å². The van der Waals surface area contributed by atoms with Crippen LogP contribution >= 0.6 is 11.8 Å². The van der Waals surface area contributed by atoms with Crippen LogP contribution in [0.25, 0.3) is 16.7 Å². The van der Waals surface area contributed by atoms with Crippen molar-refractivity contribution in [2.75, 3.05) is 12.4 Å². The first-order valence-electron chi connectivity index (χ1n) is 8.42. The van der Waals surface area contributed by atoms with Crippen molar-refractivity contribution in [3.8, 4) is 5.82 Å². The van der Waals surface area contributed by atoms with Gasteiger partial charge in [-0.1, -0.05) is 30.0 Å². The number of nitrogens with zero attached hydrogens (tertiary/aromatic N) is 3. The Bertz CT molecular complexity index is 964. The minimum atomic E-state index is -0.0847. The van der Waals surface area contributed by atoms with Crippen LogP contribution in [0.5, 0.6) is 0 Å². The van der Waals surface area contributed by atoms with E-state index < -0.39 is 0 Å². The number of fused-ring (bicyclic) bond motifs is 1. The lowest BCUT2D eigenvalue weighted by Crippen LogP contribution is -2.23. The quantitative estimate of drug-likeness (QED) is 0.532. The lowest BCUT2D eigenvalue weighted by Gasteiger charge is -2.14. The molecule has 3 heterocycles. The molecule has 0 unspecified atom stereocenters. The number of para-hydroxylation sites is 1. The topological polar surface area (TPSA) is 57.0 Å². The highest BCUT2D eigenvalue weighted by Gasteiger charge is 2.19. The highest BCUT2D eigenvalue weighted by atomic mass is 32.2. The number of rotatable bonds is 4. The summed E-state index contributed by atoms with van der Waals surface area (Å²) in [6.07, 6.45) is 2.39. The Kier molecular flexibility index (Phi) is 4.55. The van der Waals surface area contributed by atoms with E-state index in [1.807, 2.05) is 49.4 Å². The zero-order valence-electron chi connectivity index (χ0n) is 14.0. The molecule has 0 aliphatic carbocycles. The molecule has 1 aromatic carbocycles. The van der Waals surface area contributed by atoms with Crippen LogP contribution in [0, 0.1) is 6.92 Å². The second-order valence-electron chi connectivity index (χ2n) is 6.14. The van der Waals surface area contributed by atoms with Gasteiger partial charge in [-0.05, 0) is 44.0 Å². The number of aromatic nitrogens is 3. The number of hydrogen-bond donors (Lipinski definition) is 0. The summed E-state index contributed by atoms with van der Waals surface area (Å²) in [5.74, 6) is 1.40. The van der Waals surface area contributed by atoms with E-state index in [0.29, 0.717) is 21.9 Å². The van der Waals surface area contributed by atoms with Crippen LogP contribution in [-0.2, 0) is 4.74 Å². The summed E-state index contributed by atoms with van der Waals surface area (Å²) in [6, 6.07) is 13.1. The number of hydrogen-bond acceptors (Lipinski definition) is 5. The first-order chi connectivity index (χ1) is 12.2. The molecule has 2 aromatic heterocycles. The summed E-state index contributed by atoms with van der Waals surface area (Å²) in [4.78, 5) is 22.4. The fourth-order valence-electron chi connectivity index (χ4n) is 3.01. The molecule has 0 amide bonds. The van der Waals surface area contributed by atoms with Crippen LogP contribution in [0.4, 0.5) is 0 Å². The zero-order valence-corrected chi connectivity index (χ0v) is 14.8. The fourth-order valence-corrected chi connectivity index (χ4v) is 4.07. The first kappa shape index (κ1) is 16.3. The maximum atomic E-state index is 13.1. The first-order valence-corrected chi connectivity index (χ1v) is 9.41. The molecule has 3 aromatic rings. The smallest absolute Gasteiger partial charge is 0.267 e. The second-order valence-corrected chi connectivity index (χ2v) is 7.12. The molecule has 1 atom stereocenters. The molecule has 5 nitrogen and oxygen atoms in total. The summed E-state index contributed by atoms with van der Waals surface area (Å²) in [5.41, 5.74) is 1.50. The maximum absolute atomic E-state index is 13.1. The van der Waals surface area contributed by atoms with Gasteiger partial charge in [-0.15, -0.1) is 0 Å². The molecule has 25 heavy (non-hydrogen) atoms. The van der Waals surface area contributed by atoms with Crippen molar-refractivity contribution < 1.29 is 4.74 Å². The van der Waals surface area contributed by atoms with Crippen LogP contribution in [0.2, 0.25) is 0 Å².